The molecule has 1 fully saturated rings. The van der Waals surface area contributed by atoms with Crippen molar-refractivity contribution in [1.29, 1.82) is 0 Å². The molecule has 0 radical (unpaired) electrons. The highest BCUT2D eigenvalue weighted by atomic mass is 16.5. The third-order valence-electron chi connectivity index (χ3n) is 3.33. The average Bonchev–Trinajstić information content (AvgIpc) is 2.36. The first-order valence-electron chi connectivity index (χ1n) is 6.52. The molecule has 1 rings (SSSR count). The zero-order valence-corrected chi connectivity index (χ0v) is 12.2. The lowest BCUT2D eigenvalue weighted by molar-refractivity contribution is -0.117. The van der Waals surface area contributed by atoms with Crippen LogP contribution < -0.4 is 0 Å². The normalized spacial score (nSPS) is 18.3. The SMILES string of the molecule is COC(C)(C)/C(=C/C(=O)C(C)C)N1CCOCC1. The fourth-order valence-corrected chi connectivity index (χ4v) is 1.86. The van der Waals surface area contributed by atoms with Crippen LogP contribution in [0.3, 0.4) is 0 Å². The molecule has 1 saturated heterocycles. The van der Waals surface area contributed by atoms with E-state index in [0.717, 1.165) is 18.8 Å². The monoisotopic (exact) mass is 255 g/mol. The van der Waals surface area contributed by atoms with Gasteiger partial charge in [-0.25, -0.2) is 0 Å². The summed E-state index contributed by atoms with van der Waals surface area (Å²) >= 11 is 0. The molecular weight excluding hydrogens is 230 g/mol. The molecule has 0 N–H and O–H groups in total. The van der Waals surface area contributed by atoms with E-state index in [0.29, 0.717) is 13.2 Å². The van der Waals surface area contributed by atoms with Crippen LogP contribution in [0.25, 0.3) is 0 Å². The Hall–Kier alpha value is -0.870. The fourth-order valence-electron chi connectivity index (χ4n) is 1.86. The molecule has 0 saturated carbocycles. The van der Waals surface area contributed by atoms with Crippen LogP contribution in [0.5, 0.6) is 0 Å². The van der Waals surface area contributed by atoms with Crippen LogP contribution in [0.4, 0.5) is 0 Å². The van der Waals surface area contributed by atoms with Crippen LogP contribution >= 0.6 is 0 Å². The molecule has 0 aromatic carbocycles. The van der Waals surface area contributed by atoms with Crippen LogP contribution in [0.1, 0.15) is 27.7 Å². The number of nitrogens with zero attached hydrogens (tertiary/aromatic N) is 1. The van der Waals surface area contributed by atoms with Crippen molar-refractivity contribution in [3.05, 3.63) is 11.8 Å². The zero-order chi connectivity index (χ0) is 13.8. The largest absolute Gasteiger partial charge is 0.378 e. The lowest BCUT2D eigenvalue weighted by Gasteiger charge is -2.38. The van der Waals surface area contributed by atoms with Gasteiger partial charge in [-0.15, -0.1) is 0 Å². The number of carbonyl (C=O) groups excluding carboxylic acids is 1. The van der Waals surface area contributed by atoms with Gasteiger partial charge >= 0.3 is 0 Å². The molecule has 18 heavy (non-hydrogen) atoms. The molecule has 0 aliphatic carbocycles. The lowest BCUT2D eigenvalue weighted by Crippen LogP contribution is -2.44. The maximum atomic E-state index is 12.0. The predicted molar refractivity (Wildman–Crippen MR) is 71.4 cm³/mol. The number of ether oxygens (including phenoxy) is 2. The topological polar surface area (TPSA) is 38.8 Å². The van der Waals surface area contributed by atoms with Gasteiger partial charge in [0.25, 0.3) is 0 Å². The van der Waals surface area contributed by atoms with Crippen molar-refractivity contribution in [2.24, 2.45) is 5.92 Å². The molecule has 4 heteroatoms. The maximum absolute atomic E-state index is 12.0. The molecule has 0 atom stereocenters. The van der Waals surface area contributed by atoms with Gasteiger partial charge in [0.1, 0.15) is 5.60 Å². The maximum Gasteiger partial charge on any atom is 0.160 e. The summed E-state index contributed by atoms with van der Waals surface area (Å²) in [4.78, 5) is 14.2. The number of methoxy groups -OCH3 is 1. The molecule has 1 heterocycles. The number of carbonyl (C=O) groups is 1. The Morgan fingerprint density at radius 1 is 1.33 bits per heavy atom. The van der Waals surface area contributed by atoms with E-state index >= 15 is 0 Å². The standard InChI is InChI=1S/C14H25NO3/c1-11(2)12(16)10-13(14(3,4)17-5)15-6-8-18-9-7-15/h10-11H,6-9H2,1-5H3/b13-10-. The molecule has 0 bridgehead atoms. The molecule has 0 spiro atoms. The molecule has 0 unspecified atom stereocenters. The van der Waals surface area contributed by atoms with Crippen LogP contribution in [0, 0.1) is 5.92 Å². The number of ketones is 1. The van der Waals surface area contributed by atoms with Gasteiger partial charge in [-0.3, -0.25) is 4.79 Å². The summed E-state index contributed by atoms with van der Waals surface area (Å²) < 4.78 is 10.9. The minimum absolute atomic E-state index is 0.00805. The van der Waals surface area contributed by atoms with Gasteiger partial charge in [-0.05, 0) is 13.8 Å². The molecule has 0 aromatic rings. The molecular formula is C14H25NO3. The summed E-state index contributed by atoms with van der Waals surface area (Å²) in [5, 5.41) is 0. The van der Waals surface area contributed by atoms with E-state index in [9.17, 15) is 4.79 Å². The Balaban J connectivity index is 2.97. The third-order valence-corrected chi connectivity index (χ3v) is 3.33. The first kappa shape index (κ1) is 15.2. The number of hydrogen-bond acceptors (Lipinski definition) is 4. The number of allylic oxidation sites excluding steroid dienone is 1. The Bertz CT molecular complexity index is 315. The van der Waals surface area contributed by atoms with E-state index in [-0.39, 0.29) is 11.7 Å². The Labute approximate surface area is 110 Å². The van der Waals surface area contributed by atoms with Gasteiger partial charge in [-0.2, -0.15) is 0 Å². The zero-order valence-electron chi connectivity index (χ0n) is 12.2. The first-order valence-corrected chi connectivity index (χ1v) is 6.52. The molecule has 1 aliphatic rings. The fraction of sp³-hybridized carbons (Fsp3) is 0.786. The quantitative estimate of drug-likeness (QED) is 0.703. The summed E-state index contributed by atoms with van der Waals surface area (Å²) in [5.41, 5.74) is 0.494. The van der Waals surface area contributed by atoms with Gasteiger partial charge in [0.2, 0.25) is 0 Å². The van der Waals surface area contributed by atoms with Crippen molar-refractivity contribution in [2.45, 2.75) is 33.3 Å². The van der Waals surface area contributed by atoms with E-state index < -0.39 is 5.60 Å². The van der Waals surface area contributed by atoms with Crippen molar-refractivity contribution in [2.75, 3.05) is 33.4 Å². The highest BCUT2D eigenvalue weighted by Gasteiger charge is 2.29. The molecule has 1 aliphatic heterocycles. The Morgan fingerprint density at radius 3 is 2.33 bits per heavy atom. The number of hydrogen-bond donors (Lipinski definition) is 0. The van der Waals surface area contributed by atoms with Gasteiger partial charge in [0.05, 0.1) is 13.2 Å². The van der Waals surface area contributed by atoms with Crippen molar-refractivity contribution in [3.8, 4) is 0 Å². The smallest absolute Gasteiger partial charge is 0.160 e. The third kappa shape index (κ3) is 3.82. The molecule has 0 aromatic heterocycles. The van der Waals surface area contributed by atoms with Crippen LogP contribution in [-0.4, -0.2) is 49.7 Å². The summed E-state index contributed by atoms with van der Waals surface area (Å²) in [5.74, 6) is 0.148. The van der Waals surface area contributed by atoms with Gasteiger partial charge < -0.3 is 14.4 Å². The summed E-state index contributed by atoms with van der Waals surface area (Å²) in [7, 11) is 1.67. The van der Waals surface area contributed by atoms with E-state index in [1.165, 1.54) is 0 Å². The first-order chi connectivity index (χ1) is 8.38. The van der Waals surface area contributed by atoms with Gasteiger partial charge in [0.15, 0.2) is 5.78 Å². The van der Waals surface area contributed by atoms with Gasteiger partial charge in [-0.1, -0.05) is 13.8 Å². The number of rotatable bonds is 5. The molecule has 0 amide bonds. The van der Waals surface area contributed by atoms with Crippen LogP contribution in [-0.2, 0) is 14.3 Å². The highest BCUT2D eigenvalue weighted by molar-refractivity contribution is 5.92. The number of morpholine rings is 1. The van der Waals surface area contributed by atoms with Crippen molar-refractivity contribution in [1.82, 2.24) is 4.90 Å². The lowest BCUT2D eigenvalue weighted by atomic mass is 9.98. The van der Waals surface area contributed by atoms with Crippen molar-refractivity contribution >= 4 is 5.78 Å². The minimum Gasteiger partial charge on any atom is -0.378 e. The molecule has 4 nitrogen and oxygen atoms in total. The second kappa shape index (κ2) is 6.34. The van der Waals surface area contributed by atoms with E-state index in [2.05, 4.69) is 4.90 Å². The second-order valence-corrected chi connectivity index (χ2v) is 5.40. The second-order valence-electron chi connectivity index (χ2n) is 5.40. The van der Waals surface area contributed by atoms with E-state index in [1.54, 1.807) is 13.2 Å². The van der Waals surface area contributed by atoms with Crippen molar-refractivity contribution in [3.63, 3.8) is 0 Å². The van der Waals surface area contributed by atoms with Crippen molar-refractivity contribution < 1.29 is 14.3 Å². The Kier molecular flexibility index (Phi) is 5.35. The van der Waals surface area contributed by atoms with E-state index in [4.69, 9.17) is 9.47 Å². The molecule has 104 valence electrons. The highest BCUT2D eigenvalue weighted by Crippen LogP contribution is 2.25. The summed E-state index contributed by atoms with van der Waals surface area (Å²) in [6, 6.07) is 0. The average molecular weight is 255 g/mol. The Morgan fingerprint density at radius 2 is 1.89 bits per heavy atom. The van der Waals surface area contributed by atoms with Gasteiger partial charge in [0, 0.05) is 37.9 Å². The minimum atomic E-state index is -0.456. The van der Waals surface area contributed by atoms with Crippen LogP contribution in [0.2, 0.25) is 0 Å². The predicted octanol–water partition coefficient (Wildman–Crippen LogP) is 1.85. The summed E-state index contributed by atoms with van der Waals surface area (Å²) in [6.45, 7) is 10.8. The van der Waals surface area contributed by atoms with E-state index in [1.807, 2.05) is 27.7 Å². The summed E-state index contributed by atoms with van der Waals surface area (Å²) in [6.07, 6.45) is 1.74. The van der Waals surface area contributed by atoms with Crippen LogP contribution in [0.15, 0.2) is 11.8 Å².